The molecule has 0 radical (unpaired) electrons. The molecule has 0 atom stereocenters. The molecule has 2 aromatic rings. The van der Waals surface area contributed by atoms with Gasteiger partial charge >= 0.3 is 0 Å². The Morgan fingerprint density at radius 2 is 1.56 bits per heavy atom. The molecule has 0 aliphatic carbocycles. The van der Waals surface area contributed by atoms with Crippen LogP contribution in [-0.2, 0) is 4.79 Å². The van der Waals surface area contributed by atoms with E-state index in [-0.39, 0.29) is 29.5 Å². The Hall–Kier alpha value is -2.70. The summed E-state index contributed by atoms with van der Waals surface area (Å²) in [6, 6.07) is 6.13. The van der Waals surface area contributed by atoms with Gasteiger partial charge in [-0.05, 0) is 61.8 Å². The second kappa shape index (κ2) is 9.43. The fourth-order valence-electron chi connectivity index (χ4n) is 4.85. The average Bonchev–Trinajstić information content (AvgIpc) is 3.25. The maximum absolute atomic E-state index is 13.4. The van der Waals surface area contributed by atoms with E-state index < -0.39 is 0 Å². The Kier molecular flexibility index (Phi) is 6.63. The summed E-state index contributed by atoms with van der Waals surface area (Å²) in [5.74, 6) is 0.695. The summed E-state index contributed by atoms with van der Waals surface area (Å²) in [6.07, 6.45) is 5.20. The molecule has 1 aromatic carbocycles. The van der Waals surface area contributed by atoms with Gasteiger partial charge in [-0.2, -0.15) is 5.10 Å². The van der Waals surface area contributed by atoms with E-state index in [0.29, 0.717) is 37.4 Å². The zero-order valence-electron chi connectivity index (χ0n) is 19.3. The van der Waals surface area contributed by atoms with E-state index in [0.717, 1.165) is 37.3 Å². The third-order valence-electron chi connectivity index (χ3n) is 6.88. The van der Waals surface area contributed by atoms with Crippen LogP contribution in [0.5, 0.6) is 0 Å². The molecule has 2 fully saturated rings. The molecule has 4 rings (SSSR count). The molecule has 7 heteroatoms. The van der Waals surface area contributed by atoms with Crippen molar-refractivity contribution in [2.75, 3.05) is 26.2 Å². The molecule has 2 amide bonds. The number of likely N-dealkylation sites (tertiary alicyclic amines) is 2. The minimum atomic E-state index is -0.306. The fraction of sp³-hybridized carbons (Fsp3) is 0.560. The molecule has 0 unspecified atom stereocenters. The lowest BCUT2D eigenvalue weighted by Gasteiger charge is -2.36. The van der Waals surface area contributed by atoms with Crippen molar-refractivity contribution in [1.29, 1.82) is 0 Å². The van der Waals surface area contributed by atoms with Gasteiger partial charge in [0.15, 0.2) is 0 Å². The number of piperidine rings is 2. The van der Waals surface area contributed by atoms with Crippen molar-refractivity contribution in [3.8, 4) is 5.69 Å². The number of halogens is 1. The number of nitrogens with zero attached hydrogens (tertiary/aromatic N) is 4. The van der Waals surface area contributed by atoms with Crippen molar-refractivity contribution >= 4 is 11.8 Å². The van der Waals surface area contributed by atoms with E-state index >= 15 is 0 Å². The molecule has 0 bridgehead atoms. The first-order chi connectivity index (χ1) is 15.3. The average molecular weight is 441 g/mol. The summed E-state index contributed by atoms with van der Waals surface area (Å²) in [5, 5.41) is 4.45. The summed E-state index contributed by atoms with van der Waals surface area (Å²) >= 11 is 0. The van der Waals surface area contributed by atoms with Crippen LogP contribution in [0, 0.1) is 17.7 Å². The number of benzene rings is 1. The van der Waals surface area contributed by atoms with Gasteiger partial charge in [-0.15, -0.1) is 0 Å². The molecule has 172 valence electrons. The fourth-order valence-corrected chi connectivity index (χ4v) is 4.85. The lowest BCUT2D eigenvalue weighted by molar-refractivity contribution is -0.138. The second-order valence-corrected chi connectivity index (χ2v) is 9.56. The Morgan fingerprint density at radius 3 is 2.16 bits per heavy atom. The van der Waals surface area contributed by atoms with Crippen LogP contribution in [0.1, 0.15) is 68.4 Å². The summed E-state index contributed by atoms with van der Waals surface area (Å²) in [7, 11) is 0. The first-order valence-corrected chi connectivity index (χ1v) is 11.8. The minimum Gasteiger partial charge on any atom is -0.342 e. The molecule has 0 N–H and O–H groups in total. The summed E-state index contributed by atoms with van der Waals surface area (Å²) in [4.78, 5) is 30.1. The lowest BCUT2D eigenvalue weighted by atomic mass is 9.92. The molecule has 2 saturated heterocycles. The van der Waals surface area contributed by atoms with Crippen LogP contribution in [0.25, 0.3) is 5.69 Å². The molecule has 6 nitrogen and oxygen atoms in total. The predicted molar refractivity (Wildman–Crippen MR) is 121 cm³/mol. The topological polar surface area (TPSA) is 58.4 Å². The van der Waals surface area contributed by atoms with E-state index in [2.05, 4.69) is 12.0 Å². The van der Waals surface area contributed by atoms with Gasteiger partial charge in [0.1, 0.15) is 5.82 Å². The Morgan fingerprint density at radius 1 is 0.969 bits per heavy atom. The van der Waals surface area contributed by atoms with Crippen molar-refractivity contribution in [3.05, 3.63) is 47.5 Å². The van der Waals surface area contributed by atoms with Gasteiger partial charge in [-0.25, -0.2) is 9.07 Å². The van der Waals surface area contributed by atoms with Crippen LogP contribution in [0.15, 0.2) is 30.5 Å². The molecular formula is C25H33FN4O2. The first-order valence-electron chi connectivity index (χ1n) is 11.8. The van der Waals surface area contributed by atoms with Gasteiger partial charge in [0.25, 0.3) is 5.91 Å². The number of aromatic nitrogens is 2. The number of carbonyl (C=O) groups excluding carboxylic acids is 2. The zero-order chi connectivity index (χ0) is 22.8. The third kappa shape index (κ3) is 4.57. The monoisotopic (exact) mass is 440 g/mol. The lowest BCUT2D eigenvalue weighted by Crippen LogP contribution is -2.46. The van der Waals surface area contributed by atoms with E-state index in [9.17, 15) is 14.0 Å². The minimum absolute atomic E-state index is 0.0129. The van der Waals surface area contributed by atoms with Gasteiger partial charge in [0.05, 0.1) is 23.1 Å². The Labute approximate surface area is 189 Å². The molecule has 0 spiro atoms. The third-order valence-corrected chi connectivity index (χ3v) is 6.88. The van der Waals surface area contributed by atoms with E-state index in [1.165, 1.54) is 12.1 Å². The van der Waals surface area contributed by atoms with Crippen LogP contribution >= 0.6 is 0 Å². The highest BCUT2D eigenvalue weighted by Crippen LogP contribution is 2.28. The van der Waals surface area contributed by atoms with Gasteiger partial charge in [-0.1, -0.05) is 20.8 Å². The van der Waals surface area contributed by atoms with Gasteiger partial charge in [0.2, 0.25) is 5.91 Å². The largest absolute Gasteiger partial charge is 0.342 e. The van der Waals surface area contributed by atoms with Crippen LogP contribution < -0.4 is 0 Å². The van der Waals surface area contributed by atoms with Crippen molar-refractivity contribution in [2.45, 2.75) is 52.4 Å². The highest BCUT2D eigenvalue weighted by Gasteiger charge is 2.33. The zero-order valence-corrected chi connectivity index (χ0v) is 19.3. The second-order valence-electron chi connectivity index (χ2n) is 9.56. The highest BCUT2D eigenvalue weighted by atomic mass is 19.1. The highest BCUT2D eigenvalue weighted by molar-refractivity contribution is 5.95. The summed E-state index contributed by atoms with van der Waals surface area (Å²) < 4.78 is 15.1. The van der Waals surface area contributed by atoms with Crippen molar-refractivity contribution in [1.82, 2.24) is 19.6 Å². The summed E-state index contributed by atoms with van der Waals surface area (Å²) in [5.41, 5.74) is 2.13. The van der Waals surface area contributed by atoms with Crippen molar-refractivity contribution < 1.29 is 14.0 Å². The van der Waals surface area contributed by atoms with E-state index in [1.54, 1.807) is 23.0 Å². The molecule has 2 aliphatic heterocycles. The van der Waals surface area contributed by atoms with Crippen molar-refractivity contribution in [2.24, 2.45) is 11.8 Å². The molecule has 32 heavy (non-hydrogen) atoms. The SMILES string of the molecule is CC1CCN(C(=O)C2CCN(C(=O)c3cnn(-c4ccc(F)cc4)c3C(C)C)CC2)CC1. The maximum atomic E-state index is 13.4. The van der Waals surface area contributed by atoms with Crippen molar-refractivity contribution in [3.63, 3.8) is 0 Å². The maximum Gasteiger partial charge on any atom is 0.257 e. The number of hydrogen-bond donors (Lipinski definition) is 0. The Bertz CT molecular complexity index is 953. The van der Waals surface area contributed by atoms with Crippen LogP contribution in [0.2, 0.25) is 0 Å². The van der Waals surface area contributed by atoms with Crippen LogP contribution in [0.4, 0.5) is 4.39 Å². The summed E-state index contributed by atoms with van der Waals surface area (Å²) in [6.45, 7) is 9.18. The van der Waals surface area contributed by atoms with E-state index in [1.807, 2.05) is 23.6 Å². The number of carbonyl (C=O) groups is 2. The number of hydrogen-bond acceptors (Lipinski definition) is 3. The molecule has 2 aliphatic rings. The standard InChI is InChI=1S/C25H33FN4O2/c1-17(2)23-22(16-27-30(23)21-6-4-20(26)5-7-21)25(32)29-14-10-19(11-15-29)24(31)28-12-8-18(3)9-13-28/h4-7,16-19H,8-15H2,1-3H3. The van der Waals surface area contributed by atoms with Crippen LogP contribution in [-0.4, -0.2) is 57.6 Å². The molecule has 0 saturated carbocycles. The first kappa shape index (κ1) is 22.5. The predicted octanol–water partition coefficient (Wildman–Crippen LogP) is 4.25. The van der Waals surface area contributed by atoms with Gasteiger partial charge in [-0.3, -0.25) is 9.59 Å². The van der Waals surface area contributed by atoms with Gasteiger partial charge in [0, 0.05) is 32.1 Å². The Balaban J connectivity index is 1.44. The molecular weight excluding hydrogens is 407 g/mol. The normalized spacial score (nSPS) is 18.4. The molecule has 3 heterocycles. The van der Waals surface area contributed by atoms with Gasteiger partial charge < -0.3 is 9.80 Å². The van der Waals surface area contributed by atoms with E-state index in [4.69, 9.17) is 0 Å². The van der Waals surface area contributed by atoms with Crippen LogP contribution in [0.3, 0.4) is 0 Å². The molecule has 1 aromatic heterocycles. The quantitative estimate of drug-likeness (QED) is 0.714. The number of rotatable bonds is 4. The smallest absolute Gasteiger partial charge is 0.257 e. The number of amides is 2.